The van der Waals surface area contributed by atoms with E-state index in [1.165, 1.54) is 35.7 Å². The average Bonchev–Trinajstić information content (AvgIpc) is 2.14. The molecule has 0 radical (unpaired) electrons. The molecule has 2 unspecified atom stereocenters. The van der Waals surface area contributed by atoms with Crippen LogP contribution in [0.4, 0.5) is 0 Å². The second kappa shape index (κ2) is 3.66. The Morgan fingerprint density at radius 3 is 2.79 bits per heavy atom. The van der Waals surface area contributed by atoms with Gasteiger partial charge in [-0.25, -0.2) is 0 Å². The van der Waals surface area contributed by atoms with Gasteiger partial charge in [0.1, 0.15) is 0 Å². The fraction of sp³-hybridized carbons (Fsp3) is 0.538. The van der Waals surface area contributed by atoms with Gasteiger partial charge in [-0.1, -0.05) is 13.0 Å². The van der Waals surface area contributed by atoms with Crippen molar-refractivity contribution in [1.82, 2.24) is 0 Å². The summed E-state index contributed by atoms with van der Waals surface area (Å²) >= 11 is 0. The van der Waals surface area contributed by atoms with Gasteiger partial charge in [0.25, 0.3) is 0 Å². The fourth-order valence-corrected chi connectivity index (χ4v) is 2.97. The zero-order valence-corrected chi connectivity index (χ0v) is 10.5. The van der Waals surface area contributed by atoms with Gasteiger partial charge in [-0.2, -0.15) is 0 Å². The van der Waals surface area contributed by atoms with E-state index in [1.54, 1.807) is 11.1 Å². The third-order valence-electron chi connectivity index (χ3n) is 3.55. The molecular formula is C13H19P. The second-order valence-electron chi connectivity index (χ2n) is 4.72. The van der Waals surface area contributed by atoms with Gasteiger partial charge in [-0.3, -0.25) is 0 Å². The van der Waals surface area contributed by atoms with Crippen molar-refractivity contribution in [2.75, 3.05) is 0 Å². The van der Waals surface area contributed by atoms with Crippen LogP contribution in [0.1, 0.15) is 35.6 Å². The summed E-state index contributed by atoms with van der Waals surface area (Å²) in [5.41, 5.74) is 6.11. The van der Waals surface area contributed by atoms with Gasteiger partial charge in [0.15, 0.2) is 0 Å². The van der Waals surface area contributed by atoms with Gasteiger partial charge in [-0.05, 0) is 66.6 Å². The lowest BCUT2D eigenvalue weighted by Gasteiger charge is -2.25. The first-order valence-corrected chi connectivity index (χ1v) is 6.04. The highest BCUT2D eigenvalue weighted by Gasteiger charge is 2.18. The molecule has 0 fully saturated rings. The summed E-state index contributed by atoms with van der Waals surface area (Å²) in [5.74, 6) is 0.869. The third kappa shape index (κ3) is 1.61. The minimum Gasteiger partial charge on any atom is -0.105 e. The van der Waals surface area contributed by atoms with E-state index in [0.717, 1.165) is 5.92 Å². The molecule has 0 spiro atoms. The highest BCUT2D eigenvalue weighted by Crippen LogP contribution is 2.27. The van der Waals surface area contributed by atoms with Crippen LogP contribution in [0.3, 0.4) is 0 Å². The number of hydrogen-bond acceptors (Lipinski definition) is 0. The van der Waals surface area contributed by atoms with Gasteiger partial charge in [0.2, 0.25) is 0 Å². The Morgan fingerprint density at radius 1 is 1.36 bits per heavy atom. The van der Waals surface area contributed by atoms with Gasteiger partial charge in [0, 0.05) is 0 Å². The van der Waals surface area contributed by atoms with Gasteiger partial charge < -0.3 is 0 Å². The molecule has 0 heterocycles. The minimum atomic E-state index is 0.869. The Morgan fingerprint density at radius 2 is 2.07 bits per heavy atom. The van der Waals surface area contributed by atoms with E-state index in [0.29, 0.717) is 0 Å². The smallest absolute Gasteiger partial charge is 0.0236 e. The molecule has 0 N–H and O–H groups in total. The van der Waals surface area contributed by atoms with E-state index in [2.05, 4.69) is 36.1 Å². The predicted octanol–water partition coefficient (Wildman–Crippen LogP) is 2.93. The van der Waals surface area contributed by atoms with Crippen LogP contribution in [-0.2, 0) is 12.8 Å². The highest BCUT2D eigenvalue weighted by molar-refractivity contribution is 7.27. The monoisotopic (exact) mass is 206 g/mol. The van der Waals surface area contributed by atoms with Crippen LogP contribution in [0.25, 0.3) is 0 Å². The second-order valence-corrected chi connectivity index (χ2v) is 5.30. The molecule has 0 bridgehead atoms. The minimum absolute atomic E-state index is 0.869. The molecule has 2 rings (SSSR count). The summed E-state index contributed by atoms with van der Waals surface area (Å²) in [4.78, 5) is 0. The van der Waals surface area contributed by atoms with Crippen molar-refractivity contribution in [2.24, 2.45) is 5.92 Å². The number of rotatable bonds is 0. The summed E-state index contributed by atoms with van der Waals surface area (Å²) in [7, 11) is 2.93. The summed E-state index contributed by atoms with van der Waals surface area (Å²) in [6, 6.07) is 2.40. The molecule has 0 amide bonds. The Bertz CT molecular complexity index is 366. The maximum Gasteiger partial charge on any atom is -0.0236 e. The molecule has 1 heteroatoms. The summed E-state index contributed by atoms with van der Waals surface area (Å²) < 4.78 is 0. The summed E-state index contributed by atoms with van der Waals surface area (Å²) in [6.45, 7) is 6.82. The number of benzene rings is 1. The van der Waals surface area contributed by atoms with Crippen LogP contribution in [0, 0.1) is 19.8 Å². The van der Waals surface area contributed by atoms with Crippen LogP contribution >= 0.6 is 9.24 Å². The Labute approximate surface area is 89.3 Å². The number of fused-ring (bicyclic) bond motifs is 1. The molecule has 14 heavy (non-hydrogen) atoms. The molecule has 1 aromatic carbocycles. The van der Waals surface area contributed by atoms with E-state index < -0.39 is 0 Å². The number of hydrogen-bond donors (Lipinski definition) is 0. The van der Waals surface area contributed by atoms with E-state index in [-0.39, 0.29) is 0 Å². The largest absolute Gasteiger partial charge is 0.105 e. The summed E-state index contributed by atoms with van der Waals surface area (Å²) in [5, 5.41) is 1.46. The molecule has 0 aliphatic heterocycles. The predicted molar refractivity (Wildman–Crippen MR) is 66.4 cm³/mol. The first kappa shape index (κ1) is 10.2. The normalized spacial score (nSPS) is 20.7. The van der Waals surface area contributed by atoms with Crippen molar-refractivity contribution in [3.63, 3.8) is 0 Å². The van der Waals surface area contributed by atoms with Crippen LogP contribution in [0.5, 0.6) is 0 Å². The Balaban J connectivity index is 2.54. The zero-order chi connectivity index (χ0) is 10.3. The zero-order valence-electron chi connectivity index (χ0n) is 9.35. The molecule has 0 saturated carbocycles. The van der Waals surface area contributed by atoms with E-state index in [9.17, 15) is 0 Å². The van der Waals surface area contributed by atoms with Crippen molar-refractivity contribution in [1.29, 1.82) is 0 Å². The maximum absolute atomic E-state index is 2.93. The van der Waals surface area contributed by atoms with Gasteiger partial charge in [0.05, 0.1) is 0 Å². The van der Waals surface area contributed by atoms with E-state index >= 15 is 0 Å². The first-order valence-electron chi connectivity index (χ1n) is 5.47. The first-order chi connectivity index (χ1) is 6.59. The van der Waals surface area contributed by atoms with Crippen LogP contribution < -0.4 is 5.30 Å². The lowest BCUT2D eigenvalue weighted by atomic mass is 9.83. The van der Waals surface area contributed by atoms with Crippen molar-refractivity contribution in [3.05, 3.63) is 28.3 Å². The lowest BCUT2D eigenvalue weighted by molar-refractivity contribution is 0.502. The SMILES string of the molecule is Cc1cc2c(c(P)c1C)CCC(C)C2. The van der Waals surface area contributed by atoms with Crippen LogP contribution in [0.15, 0.2) is 6.07 Å². The quantitative estimate of drug-likeness (QED) is 0.572. The molecule has 0 nitrogen and oxygen atoms in total. The third-order valence-corrected chi connectivity index (χ3v) is 4.34. The molecule has 1 aliphatic rings. The van der Waals surface area contributed by atoms with E-state index in [1.807, 2.05) is 0 Å². The van der Waals surface area contributed by atoms with Gasteiger partial charge in [-0.15, -0.1) is 9.24 Å². The molecule has 0 saturated heterocycles. The van der Waals surface area contributed by atoms with E-state index in [4.69, 9.17) is 0 Å². The Hall–Kier alpha value is -0.350. The molecule has 0 aromatic heterocycles. The lowest BCUT2D eigenvalue weighted by Crippen LogP contribution is -2.19. The fourth-order valence-electron chi connectivity index (χ4n) is 2.41. The summed E-state index contributed by atoms with van der Waals surface area (Å²) in [6.07, 6.45) is 3.91. The Kier molecular flexibility index (Phi) is 2.66. The molecule has 1 aliphatic carbocycles. The molecule has 76 valence electrons. The topological polar surface area (TPSA) is 0 Å². The standard InChI is InChI=1S/C13H19P/c1-8-4-5-12-11(6-8)7-9(2)10(3)13(12)14/h7-8H,4-6,14H2,1-3H3. The van der Waals surface area contributed by atoms with Crippen LogP contribution in [-0.4, -0.2) is 0 Å². The molecule has 2 atom stereocenters. The average molecular weight is 206 g/mol. The van der Waals surface area contributed by atoms with Crippen molar-refractivity contribution in [3.8, 4) is 0 Å². The van der Waals surface area contributed by atoms with Gasteiger partial charge >= 0.3 is 0 Å². The van der Waals surface area contributed by atoms with Crippen molar-refractivity contribution < 1.29 is 0 Å². The highest BCUT2D eigenvalue weighted by atomic mass is 31.0. The van der Waals surface area contributed by atoms with Crippen LogP contribution in [0.2, 0.25) is 0 Å². The maximum atomic E-state index is 2.93. The molecule has 1 aromatic rings. The van der Waals surface area contributed by atoms with Crippen molar-refractivity contribution >= 4 is 14.5 Å². The number of aryl methyl sites for hydroxylation is 1. The van der Waals surface area contributed by atoms with Crippen molar-refractivity contribution in [2.45, 2.75) is 40.0 Å². The molecular weight excluding hydrogens is 187 g/mol.